The second-order valence-corrected chi connectivity index (χ2v) is 7.74. The lowest BCUT2D eigenvalue weighted by Gasteiger charge is -2.15. The zero-order chi connectivity index (χ0) is 14.6. The van der Waals surface area contributed by atoms with E-state index in [9.17, 15) is 13.2 Å². The van der Waals surface area contributed by atoms with Gasteiger partial charge in [0.05, 0.1) is 17.5 Å². The number of hydrogen-bond donors (Lipinski definition) is 1. The Labute approximate surface area is 120 Å². The largest absolute Gasteiger partial charge is 0.350 e. The van der Waals surface area contributed by atoms with E-state index in [2.05, 4.69) is 5.32 Å². The van der Waals surface area contributed by atoms with E-state index in [1.54, 1.807) is 0 Å². The minimum Gasteiger partial charge on any atom is -0.350 e. The molecule has 1 amide bonds. The molecule has 2 rings (SSSR count). The highest BCUT2D eigenvalue weighted by Crippen LogP contribution is 2.23. The minimum absolute atomic E-state index is 0.00866. The Hall–Kier alpha value is -1.36. The first-order chi connectivity index (χ1) is 9.46. The summed E-state index contributed by atoms with van der Waals surface area (Å²) < 4.78 is 22.7. The Bertz CT molecular complexity index is 554. The molecule has 20 heavy (non-hydrogen) atoms. The van der Waals surface area contributed by atoms with Crippen LogP contribution in [0.2, 0.25) is 0 Å². The molecule has 1 heterocycles. The van der Waals surface area contributed by atoms with Crippen LogP contribution in [0.4, 0.5) is 0 Å². The molecule has 1 aliphatic rings. The van der Waals surface area contributed by atoms with Gasteiger partial charge in [0.1, 0.15) is 0 Å². The standard InChI is InChI=1S/C15H21NO3S/c1-12(14-5-3-2-4-6-14)16-15(17)8-7-13-9-10-20(18,19)11-13/h2-6,12-13H,7-11H2,1H3,(H,16,17). The van der Waals surface area contributed by atoms with E-state index in [0.29, 0.717) is 19.3 Å². The maximum Gasteiger partial charge on any atom is 0.220 e. The lowest BCUT2D eigenvalue weighted by atomic mass is 10.0. The van der Waals surface area contributed by atoms with Gasteiger partial charge in [0.15, 0.2) is 9.84 Å². The molecule has 1 N–H and O–H groups in total. The van der Waals surface area contributed by atoms with Crippen LogP contribution in [0.25, 0.3) is 0 Å². The first-order valence-electron chi connectivity index (χ1n) is 7.01. The second-order valence-electron chi connectivity index (χ2n) is 5.51. The number of amides is 1. The van der Waals surface area contributed by atoms with Crippen LogP contribution in [0.5, 0.6) is 0 Å². The number of sulfone groups is 1. The summed E-state index contributed by atoms with van der Waals surface area (Å²) in [6.45, 7) is 1.95. The van der Waals surface area contributed by atoms with Crippen LogP contribution in [0.1, 0.15) is 37.8 Å². The number of carbonyl (C=O) groups excluding carboxylic acids is 1. The van der Waals surface area contributed by atoms with Crippen molar-refractivity contribution in [1.29, 1.82) is 0 Å². The third kappa shape index (κ3) is 4.34. The number of carbonyl (C=O) groups is 1. The first kappa shape index (κ1) is 15.0. The van der Waals surface area contributed by atoms with Crippen LogP contribution in [0.15, 0.2) is 30.3 Å². The quantitative estimate of drug-likeness (QED) is 0.904. The van der Waals surface area contributed by atoms with E-state index in [0.717, 1.165) is 5.56 Å². The highest BCUT2D eigenvalue weighted by atomic mass is 32.2. The average Bonchev–Trinajstić information content (AvgIpc) is 2.77. The van der Waals surface area contributed by atoms with Gasteiger partial charge >= 0.3 is 0 Å². The molecule has 0 radical (unpaired) electrons. The number of hydrogen-bond acceptors (Lipinski definition) is 3. The Kier molecular flexibility index (Phi) is 4.81. The van der Waals surface area contributed by atoms with E-state index in [-0.39, 0.29) is 29.4 Å². The summed E-state index contributed by atoms with van der Waals surface area (Å²) in [5, 5.41) is 2.95. The smallest absolute Gasteiger partial charge is 0.220 e. The van der Waals surface area contributed by atoms with Crippen molar-refractivity contribution >= 4 is 15.7 Å². The summed E-state index contributed by atoms with van der Waals surface area (Å²) >= 11 is 0. The topological polar surface area (TPSA) is 63.2 Å². The summed E-state index contributed by atoms with van der Waals surface area (Å²) in [5.41, 5.74) is 1.07. The lowest BCUT2D eigenvalue weighted by molar-refractivity contribution is -0.122. The van der Waals surface area contributed by atoms with Crippen molar-refractivity contribution in [2.45, 2.75) is 32.2 Å². The van der Waals surface area contributed by atoms with E-state index in [1.165, 1.54) is 0 Å². The molecular formula is C15H21NO3S. The molecule has 2 atom stereocenters. The van der Waals surface area contributed by atoms with Gasteiger partial charge in [-0.1, -0.05) is 30.3 Å². The number of benzene rings is 1. The Morgan fingerprint density at radius 2 is 2.05 bits per heavy atom. The predicted molar refractivity (Wildman–Crippen MR) is 79.0 cm³/mol. The SMILES string of the molecule is CC(NC(=O)CCC1CCS(=O)(=O)C1)c1ccccc1. The molecule has 0 aromatic heterocycles. The van der Waals surface area contributed by atoms with Gasteiger partial charge in [-0.05, 0) is 31.2 Å². The van der Waals surface area contributed by atoms with Gasteiger partial charge in [-0.2, -0.15) is 0 Å². The van der Waals surface area contributed by atoms with Crippen LogP contribution in [-0.2, 0) is 14.6 Å². The van der Waals surface area contributed by atoms with Crippen LogP contribution < -0.4 is 5.32 Å². The van der Waals surface area contributed by atoms with Crippen molar-refractivity contribution in [2.24, 2.45) is 5.92 Å². The average molecular weight is 295 g/mol. The summed E-state index contributed by atoms with van der Waals surface area (Å²) in [4.78, 5) is 11.9. The molecule has 1 aliphatic heterocycles. The predicted octanol–water partition coefficient (Wildman–Crippen LogP) is 2.08. The normalized spacial score (nSPS) is 22.4. The van der Waals surface area contributed by atoms with E-state index in [1.807, 2.05) is 37.3 Å². The second kappa shape index (κ2) is 6.39. The molecule has 0 bridgehead atoms. The zero-order valence-electron chi connectivity index (χ0n) is 11.7. The monoisotopic (exact) mass is 295 g/mol. The summed E-state index contributed by atoms with van der Waals surface area (Å²) in [6, 6.07) is 9.78. The fourth-order valence-corrected chi connectivity index (χ4v) is 4.48. The van der Waals surface area contributed by atoms with Crippen molar-refractivity contribution in [3.8, 4) is 0 Å². The van der Waals surface area contributed by atoms with E-state index in [4.69, 9.17) is 0 Å². The van der Waals surface area contributed by atoms with E-state index < -0.39 is 9.84 Å². The van der Waals surface area contributed by atoms with Crippen LogP contribution >= 0.6 is 0 Å². The molecule has 4 nitrogen and oxygen atoms in total. The van der Waals surface area contributed by atoms with Crippen molar-refractivity contribution in [2.75, 3.05) is 11.5 Å². The molecule has 1 saturated heterocycles. The maximum absolute atomic E-state index is 11.9. The van der Waals surface area contributed by atoms with Crippen LogP contribution in [0, 0.1) is 5.92 Å². The molecule has 5 heteroatoms. The first-order valence-corrected chi connectivity index (χ1v) is 8.83. The molecule has 2 unspecified atom stereocenters. The van der Waals surface area contributed by atoms with Crippen LogP contribution in [-0.4, -0.2) is 25.8 Å². The maximum atomic E-state index is 11.9. The van der Waals surface area contributed by atoms with Gasteiger partial charge in [-0.15, -0.1) is 0 Å². The summed E-state index contributed by atoms with van der Waals surface area (Å²) in [7, 11) is -2.84. The van der Waals surface area contributed by atoms with Gasteiger partial charge in [0.2, 0.25) is 5.91 Å². The van der Waals surface area contributed by atoms with Gasteiger partial charge < -0.3 is 5.32 Å². The van der Waals surface area contributed by atoms with Gasteiger partial charge in [-0.3, -0.25) is 4.79 Å². The lowest BCUT2D eigenvalue weighted by Crippen LogP contribution is -2.26. The zero-order valence-corrected chi connectivity index (χ0v) is 12.5. The highest BCUT2D eigenvalue weighted by molar-refractivity contribution is 7.91. The fourth-order valence-electron chi connectivity index (χ4n) is 2.57. The molecule has 110 valence electrons. The molecule has 0 aliphatic carbocycles. The van der Waals surface area contributed by atoms with E-state index >= 15 is 0 Å². The van der Waals surface area contributed by atoms with Gasteiger partial charge in [0, 0.05) is 6.42 Å². The fraction of sp³-hybridized carbons (Fsp3) is 0.533. The minimum atomic E-state index is -2.84. The highest BCUT2D eigenvalue weighted by Gasteiger charge is 2.27. The third-order valence-electron chi connectivity index (χ3n) is 3.78. The molecule has 1 fully saturated rings. The van der Waals surface area contributed by atoms with Gasteiger partial charge in [0.25, 0.3) is 0 Å². The van der Waals surface area contributed by atoms with Crippen molar-refractivity contribution in [3.63, 3.8) is 0 Å². The summed E-state index contributed by atoms with van der Waals surface area (Å²) in [5.74, 6) is 0.664. The summed E-state index contributed by atoms with van der Waals surface area (Å²) in [6.07, 6.45) is 1.76. The van der Waals surface area contributed by atoms with Crippen LogP contribution in [0.3, 0.4) is 0 Å². The van der Waals surface area contributed by atoms with Crippen molar-refractivity contribution in [1.82, 2.24) is 5.32 Å². The Morgan fingerprint density at radius 3 is 2.65 bits per heavy atom. The van der Waals surface area contributed by atoms with Crippen molar-refractivity contribution < 1.29 is 13.2 Å². The number of rotatable bonds is 5. The molecule has 0 saturated carbocycles. The molecule has 1 aromatic rings. The Morgan fingerprint density at radius 1 is 1.35 bits per heavy atom. The number of nitrogens with one attached hydrogen (secondary N) is 1. The Balaban J connectivity index is 1.76. The van der Waals surface area contributed by atoms with Crippen molar-refractivity contribution in [3.05, 3.63) is 35.9 Å². The molecule has 1 aromatic carbocycles. The van der Waals surface area contributed by atoms with Gasteiger partial charge in [-0.25, -0.2) is 8.42 Å². The molecule has 0 spiro atoms. The third-order valence-corrected chi connectivity index (χ3v) is 5.62. The molecular weight excluding hydrogens is 274 g/mol.